The lowest BCUT2D eigenvalue weighted by atomic mass is 9.84. The van der Waals surface area contributed by atoms with Gasteiger partial charge in [0.05, 0.1) is 49.2 Å². The van der Waals surface area contributed by atoms with Gasteiger partial charge in [0.25, 0.3) is 0 Å². The molecule has 1 aromatic carbocycles. The molecule has 1 aromatic rings. The number of carboxylic acid groups (broad SMARTS) is 1. The summed E-state index contributed by atoms with van der Waals surface area (Å²) in [6, 6.07) is 6.00. The number of ketones is 1. The Labute approximate surface area is 315 Å². The summed E-state index contributed by atoms with van der Waals surface area (Å²) in [5, 5.41) is 15.5. The minimum Gasteiger partial charge on any atom is -0.480 e. The normalized spacial score (nSPS) is 20.6. The highest BCUT2D eigenvalue weighted by molar-refractivity contribution is 5.90. The van der Waals surface area contributed by atoms with Crippen LogP contribution in [0.25, 0.3) is 0 Å². The summed E-state index contributed by atoms with van der Waals surface area (Å²) in [6.07, 6.45) is -2.46. The van der Waals surface area contributed by atoms with Gasteiger partial charge in [-0.1, -0.05) is 85.2 Å². The van der Waals surface area contributed by atoms with Crippen LogP contribution in [0.5, 0.6) is 0 Å². The van der Waals surface area contributed by atoms with Crippen molar-refractivity contribution in [1.82, 2.24) is 20.4 Å². The number of halogens is 1. The van der Waals surface area contributed by atoms with E-state index < -0.39 is 66.1 Å². The number of alkyl halides is 1. The van der Waals surface area contributed by atoms with Gasteiger partial charge in [0.15, 0.2) is 5.78 Å². The van der Waals surface area contributed by atoms with E-state index in [1.165, 1.54) is 19.1 Å². The Kier molecular flexibility index (Phi) is 18.5. The standard InChI is InChI=1S/C40H65FN4O8/c1-12-25(6)36(44(9)39(49)29(23(2)3)20-32(46)35(42-8)24(4)5)33(52-10)21-34(47)45-22-28(41)19-31(45)37(53-11)26(7)38(48)43-30(40(50)51)18-27-16-14-13-15-17-27/h13-17,23-26,28-31,33,35-37,42H,12,18-22H2,1-11H3,(H,43,48)(H,50,51)/t25-,26+,28-,29-,30-,31-,33+,35-,36-,37+/m0/s1. The van der Waals surface area contributed by atoms with E-state index in [2.05, 4.69) is 10.6 Å². The number of likely N-dealkylation sites (N-methyl/N-ethyl adjacent to an activating group) is 2. The predicted molar refractivity (Wildman–Crippen MR) is 202 cm³/mol. The SMILES string of the molecule is CC[C@H](C)[C@@H]([C@@H](CC(=O)N1C[C@@H](F)C[C@H]1[C@H](OC)[C@@H](C)C(=O)N[C@@H](Cc1ccccc1)C(=O)O)OC)N(C)C(=O)[C@@H](CC(=O)[C@@H](NC)C(C)C)C(C)C. The third-order valence-electron chi connectivity index (χ3n) is 11.0. The van der Waals surface area contributed by atoms with Crippen LogP contribution in [-0.4, -0.2) is 122 Å². The molecule has 0 bridgehead atoms. The number of nitrogens with one attached hydrogen (secondary N) is 2. The fraction of sp³-hybridized carbons (Fsp3) is 0.725. The van der Waals surface area contributed by atoms with Crippen LogP contribution in [0.15, 0.2) is 30.3 Å². The second-order valence-corrected chi connectivity index (χ2v) is 15.4. The maximum atomic E-state index is 15.2. The van der Waals surface area contributed by atoms with E-state index in [0.717, 1.165) is 5.56 Å². The lowest BCUT2D eigenvalue weighted by Gasteiger charge is -2.40. The van der Waals surface area contributed by atoms with Crippen LogP contribution in [0.1, 0.15) is 79.7 Å². The highest BCUT2D eigenvalue weighted by atomic mass is 19.1. The summed E-state index contributed by atoms with van der Waals surface area (Å²) in [6.45, 7) is 13.1. The van der Waals surface area contributed by atoms with Crippen LogP contribution < -0.4 is 10.6 Å². The summed E-state index contributed by atoms with van der Waals surface area (Å²) >= 11 is 0. The number of carbonyl (C=O) groups is 5. The Morgan fingerprint density at radius 1 is 0.981 bits per heavy atom. The molecule has 3 N–H and O–H groups in total. The number of ether oxygens (including phenoxy) is 2. The number of carboxylic acids is 1. The van der Waals surface area contributed by atoms with Gasteiger partial charge in [-0.15, -0.1) is 0 Å². The summed E-state index contributed by atoms with van der Waals surface area (Å²) in [7, 11) is 6.29. The van der Waals surface area contributed by atoms with E-state index in [-0.39, 0.29) is 67.7 Å². The molecule has 53 heavy (non-hydrogen) atoms. The fourth-order valence-electron chi connectivity index (χ4n) is 7.71. The van der Waals surface area contributed by atoms with Crippen molar-refractivity contribution < 1.29 is 42.9 Å². The average Bonchev–Trinajstić information content (AvgIpc) is 3.50. The van der Waals surface area contributed by atoms with Crippen molar-refractivity contribution >= 4 is 29.5 Å². The number of benzene rings is 1. The first-order valence-electron chi connectivity index (χ1n) is 19.0. The van der Waals surface area contributed by atoms with Crippen LogP contribution >= 0.6 is 0 Å². The third kappa shape index (κ3) is 12.3. The van der Waals surface area contributed by atoms with Gasteiger partial charge in [0.1, 0.15) is 12.2 Å². The van der Waals surface area contributed by atoms with Gasteiger partial charge < -0.3 is 35.0 Å². The van der Waals surface area contributed by atoms with E-state index in [0.29, 0.717) is 6.42 Å². The molecule has 1 heterocycles. The molecule has 1 aliphatic heterocycles. The van der Waals surface area contributed by atoms with E-state index >= 15 is 4.39 Å². The first-order valence-corrected chi connectivity index (χ1v) is 19.0. The molecule has 13 heteroatoms. The van der Waals surface area contributed by atoms with Crippen LogP contribution in [0.4, 0.5) is 4.39 Å². The first-order chi connectivity index (χ1) is 24.9. The molecule has 1 aliphatic rings. The van der Waals surface area contributed by atoms with Crippen molar-refractivity contribution in [3.05, 3.63) is 35.9 Å². The molecule has 0 unspecified atom stereocenters. The Morgan fingerprint density at radius 3 is 2.09 bits per heavy atom. The highest BCUT2D eigenvalue weighted by Crippen LogP contribution is 2.32. The zero-order valence-electron chi connectivity index (χ0n) is 33.6. The second kappa shape index (κ2) is 21.5. The Balaban J connectivity index is 2.31. The van der Waals surface area contributed by atoms with Crippen LogP contribution in [0.3, 0.4) is 0 Å². The zero-order valence-corrected chi connectivity index (χ0v) is 33.6. The Morgan fingerprint density at radius 2 is 1.60 bits per heavy atom. The molecule has 0 spiro atoms. The predicted octanol–water partition coefficient (Wildman–Crippen LogP) is 4.14. The summed E-state index contributed by atoms with van der Waals surface area (Å²) < 4.78 is 26.8. The topological polar surface area (TPSA) is 155 Å². The molecule has 2 rings (SSSR count). The molecule has 0 aromatic heterocycles. The van der Waals surface area contributed by atoms with Crippen molar-refractivity contribution in [2.45, 2.75) is 123 Å². The summed E-state index contributed by atoms with van der Waals surface area (Å²) in [5.41, 5.74) is 0.737. The number of hydrogen-bond acceptors (Lipinski definition) is 8. The largest absolute Gasteiger partial charge is 0.480 e. The van der Waals surface area contributed by atoms with Crippen LogP contribution in [-0.2, 0) is 39.9 Å². The van der Waals surface area contributed by atoms with Gasteiger partial charge in [-0.2, -0.15) is 0 Å². The van der Waals surface area contributed by atoms with Gasteiger partial charge >= 0.3 is 5.97 Å². The van der Waals surface area contributed by atoms with Crippen LogP contribution in [0, 0.1) is 29.6 Å². The third-order valence-corrected chi connectivity index (χ3v) is 11.0. The smallest absolute Gasteiger partial charge is 0.326 e. The molecule has 12 nitrogen and oxygen atoms in total. The highest BCUT2D eigenvalue weighted by Gasteiger charge is 2.46. The van der Waals surface area contributed by atoms with Crippen molar-refractivity contribution in [2.75, 3.05) is 34.9 Å². The van der Waals surface area contributed by atoms with Gasteiger partial charge in [0.2, 0.25) is 17.7 Å². The molecule has 10 atom stereocenters. The summed E-state index contributed by atoms with van der Waals surface area (Å²) in [5.74, 6) is -4.11. The molecule has 1 fully saturated rings. The number of hydrogen-bond donors (Lipinski definition) is 3. The quantitative estimate of drug-likeness (QED) is 0.159. The maximum Gasteiger partial charge on any atom is 0.326 e. The molecule has 1 saturated heterocycles. The average molecular weight is 749 g/mol. The minimum absolute atomic E-state index is 0.0346. The van der Waals surface area contributed by atoms with Crippen molar-refractivity contribution in [1.29, 1.82) is 0 Å². The molecule has 0 saturated carbocycles. The number of methoxy groups -OCH3 is 2. The minimum atomic E-state index is -1.37. The number of amides is 3. The Bertz CT molecular complexity index is 1350. The van der Waals surface area contributed by atoms with Crippen molar-refractivity contribution in [3.63, 3.8) is 0 Å². The van der Waals surface area contributed by atoms with Gasteiger partial charge in [-0.25, -0.2) is 9.18 Å². The number of rotatable bonds is 22. The monoisotopic (exact) mass is 748 g/mol. The fourth-order valence-corrected chi connectivity index (χ4v) is 7.71. The molecule has 3 amide bonds. The van der Waals surface area contributed by atoms with Gasteiger partial charge in [-0.3, -0.25) is 19.2 Å². The molecule has 0 radical (unpaired) electrons. The van der Waals surface area contributed by atoms with Gasteiger partial charge in [-0.05, 0) is 30.4 Å². The number of carbonyl (C=O) groups excluding carboxylic acids is 4. The van der Waals surface area contributed by atoms with E-state index in [1.807, 2.05) is 47.6 Å². The number of Topliss-reactive ketones (excluding diaryl/α,β-unsaturated/α-hetero) is 1. The van der Waals surface area contributed by atoms with E-state index in [4.69, 9.17) is 9.47 Å². The summed E-state index contributed by atoms with van der Waals surface area (Å²) in [4.78, 5) is 70.1. The number of nitrogens with zero attached hydrogens (tertiary/aromatic N) is 2. The van der Waals surface area contributed by atoms with Crippen molar-refractivity contribution in [3.8, 4) is 0 Å². The van der Waals surface area contributed by atoms with Crippen LogP contribution in [0.2, 0.25) is 0 Å². The number of likely N-dealkylation sites (tertiary alicyclic amines) is 1. The maximum absolute atomic E-state index is 15.2. The first kappa shape index (κ1) is 45.7. The van der Waals surface area contributed by atoms with E-state index in [1.54, 1.807) is 50.2 Å². The molecular formula is C40H65FN4O8. The Hall–Kier alpha value is -3.42. The lowest BCUT2D eigenvalue weighted by Crippen LogP contribution is -2.55. The van der Waals surface area contributed by atoms with Gasteiger partial charge in [0, 0.05) is 46.4 Å². The molecule has 0 aliphatic carbocycles. The van der Waals surface area contributed by atoms with E-state index in [9.17, 15) is 29.1 Å². The molecular weight excluding hydrogens is 683 g/mol. The lowest BCUT2D eigenvalue weighted by molar-refractivity contribution is -0.149. The number of aliphatic carboxylic acids is 1. The zero-order chi connectivity index (χ0) is 40.2. The second-order valence-electron chi connectivity index (χ2n) is 15.4. The molecule has 300 valence electrons. The van der Waals surface area contributed by atoms with Crippen molar-refractivity contribution in [2.24, 2.45) is 29.6 Å².